The van der Waals surface area contributed by atoms with E-state index in [0.29, 0.717) is 13.1 Å². The molecule has 23 heavy (non-hydrogen) atoms. The predicted molar refractivity (Wildman–Crippen MR) is 87.0 cm³/mol. The van der Waals surface area contributed by atoms with E-state index in [-0.39, 0.29) is 11.8 Å². The zero-order valence-corrected chi connectivity index (χ0v) is 12.8. The minimum absolute atomic E-state index is 0.0816. The lowest BCUT2D eigenvalue weighted by Gasteiger charge is -2.22. The van der Waals surface area contributed by atoms with Crippen molar-refractivity contribution in [1.29, 1.82) is 0 Å². The third kappa shape index (κ3) is 2.60. The topological polar surface area (TPSA) is 75.6 Å². The standard InChI is InChI=1S/C17H19N5O/c23-17(19-8-9-22-11-18-10-20-22)14-6-3-5-13-12-4-1-2-7-15(12)21-16(13)14/h1-2,4,7,10-11,14,21H,3,5-6,8-9H2,(H,19,23)/t14-/m1/s1. The molecule has 0 bridgehead atoms. The van der Waals surface area contributed by atoms with Gasteiger partial charge in [-0.15, -0.1) is 0 Å². The number of fused-ring (bicyclic) bond motifs is 3. The molecule has 0 spiro atoms. The average molecular weight is 309 g/mol. The van der Waals surface area contributed by atoms with E-state index in [2.05, 4.69) is 38.6 Å². The van der Waals surface area contributed by atoms with Crippen LogP contribution in [0.4, 0.5) is 0 Å². The van der Waals surface area contributed by atoms with Gasteiger partial charge in [-0.05, 0) is 30.9 Å². The maximum atomic E-state index is 12.6. The maximum absolute atomic E-state index is 12.6. The Balaban J connectivity index is 1.50. The quantitative estimate of drug-likeness (QED) is 0.774. The summed E-state index contributed by atoms with van der Waals surface area (Å²) in [5.74, 6) is 0.0134. The first-order valence-corrected chi connectivity index (χ1v) is 8.02. The zero-order valence-electron chi connectivity index (χ0n) is 12.8. The lowest BCUT2D eigenvalue weighted by Crippen LogP contribution is -2.33. The summed E-state index contributed by atoms with van der Waals surface area (Å²) >= 11 is 0. The van der Waals surface area contributed by atoms with Crippen LogP contribution in [-0.2, 0) is 17.8 Å². The van der Waals surface area contributed by atoms with Gasteiger partial charge < -0.3 is 10.3 Å². The molecule has 3 aromatic rings. The Morgan fingerprint density at radius 1 is 1.39 bits per heavy atom. The Morgan fingerprint density at radius 3 is 3.17 bits per heavy atom. The highest BCUT2D eigenvalue weighted by Gasteiger charge is 2.29. The van der Waals surface area contributed by atoms with E-state index in [1.54, 1.807) is 11.0 Å². The molecule has 0 fully saturated rings. The molecule has 4 rings (SSSR count). The van der Waals surface area contributed by atoms with Crippen LogP contribution in [0.5, 0.6) is 0 Å². The van der Waals surface area contributed by atoms with E-state index in [0.717, 1.165) is 30.5 Å². The van der Waals surface area contributed by atoms with Crippen molar-refractivity contribution in [3.05, 3.63) is 48.2 Å². The number of aryl methyl sites for hydroxylation is 1. The molecule has 2 aromatic heterocycles. The normalized spacial score (nSPS) is 17.1. The first-order chi connectivity index (χ1) is 11.3. The van der Waals surface area contributed by atoms with Crippen molar-refractivity contribution >= 4 is 16.8 Å². The van der Waals surface area contributed by atoms with E-state index in [1.807, 2.05) is 6.07 Å². The number of carbonyl (C=O) groups excluding carboxylic acids is 1. The predicted octanol–water partition coefficient (Wildman–Crippen LogP) is 2.00. The van der Waals surface area contributed by atoms with Gasteiger partial charge in [0.2, 0.25) is 5.91 Å². The molecule has 1 aliphatic carbocycles. The third-order valence-corrected chi connectivity index (χ3v) is 4.54. The van der Waals surface area contributed by atoms with Crippen LogP contribution in [0, 0.1) is 0 Å². The average Bonchev–Trinajstić information content (AvgIpc) is 3.21. The van der Waals surface area contributed by atoms with Crippen LogP contribution in [0.15, 0.2) is 36.9 Å². The van der Waals surface area contributed by atoms with Crippen molar-refractivity contribution in [1.82, 2.24) is 25.1 Å². The second-order valence-corrected chi connectivity index (χ2v) is 5.96. The highest BCUT2D eigenvalue weighted by molar-refractivity contribution is 5.90. The summed E-state index contributed by atoms with van der Waals surface area (Å²) in [5.41, 5.74) is 3.53. The van der Waals surface area contributed by atoms with E-state index in [1.165, 1.54) is 17.3 Å². The lowest BCUT2D eigenvalue weighted by atomic mass is 9.86. The zero-order chi connectivity index (χ0) is 15.6. The number of carbonyl (C=O) groups is 1. The van der Waals surface area contributed by atoms with Crippen LogP contribution in [0.1, 0.15) is 30.0 Å². The Morgan fingerprint density at radius 2 is 2.30 bits per heavy atom. The van der Waals surface area contributed by atoms with E-state index >= 15 is 0 Å². The molecule has 2 N–H and O–H groups in total. The molecule has 1 aliphatic rings. The third-order valence-electron chi connectivity index (χ3n) is 4.54. The minimum atomic E-state index is -0.0816. The molecule has 1 amide bonds. The van der Waals surface area contributed by atoms with Gasteiger partial charge in [-0.1, -0.05) is 18.2 Å². The Bertz CT molecular complexity index is 821. The molecule has 0 aliphatic heterocycles. The van der Waals surface area contributed by atoms with Crippen LogP contribution < -0.4 is 5.32 Å². The summed E-state index contributed by atoms with van der Waals surface area (Å²) in [6.07, 6.45) is 6.15. The van der Waals surface area contributed by atoms with Crippen LogP contribution in [0.25, 0.3) is 10.9 Å². The van der Waals surface area contributed by atoms with Crippen molar-refractivity contribution in [2.24, 2.45) is 0 Å². The van der Waals surface area contributed by atoms with Crippen LogP contribution in [0.3, 0.4) is 0 Å². The molecule has 0 saturated heterocycles. The monoisotopic (exact) mass is 309 g/mol. The summed E-state index contributed by atoms with van der Waals surface area (Å²) < 4.78 is 1.72. The maximum Gasteiger partial charge on any atom is 0.229 e. The minimum Gasteiger partial charge on any atom is -0.357 e. The number of aromatic amines is 1. The van der Waals surface area contributed by atoms with Gasteiger partial charge in [-0.3, -0.25) is 9.48 Å². The molecule has 6 heteroatoms. The number of H-pyrrole nitrogens is 1. The molecule has 0 saturated carbocycles. The van der Waals surface area contributed by atoms with Crippen LogP contribution >= 0.6 is 0 Å². The smallest absolute Gasteiger partial charge is 0.229 e. The lowest BCUT2D eigenvalue weighted by molar-refractivity contribution is -0.123. The molecule has 1 atom stereocenters. The Hall–Kier alpha value is -2.63. The highest BCUT2D eigenvalue weighted by atomic mass is 16.1. The van der Waals surface area contributed by atoms with Gasteiger partial charge in [0.1, 0.15) is 12.7 Å². The van der Waals surface area contributed by atoms with Gasteiger partial charge in [0.05, 0.1) is 12.5 Å². The second-order valence-electron chi connectivity index (χ2n) is 5.96. The summed E-state index contributed by atoms with van der Waals surface area (Å²) in [7, 11) is 0. The molecular weight excluding hydrogens is 290 g/mol. The van der Waals surface area contributed by atoms with Gasteiger partial charge in [0.25, 0.3) is 0 Å². The number of hydrogen-bond acceptors (Lipinski definition) is 3. The van der Waals surface area contributed by atoms with Crippen molar-refractivity contribution in [2.45, 2.75) is 31.7 Å². The largest absolute Gasteiger partial charge is 0.357 e. The number of amides is 1. The van der Waals surface area contributed by atoms with Gasteiger partial charge in [0, 0.05) is 23.1 Å². The summed E-state index contributed by atoms with van der Waals surface area (Å²) in [5, 5.41) is 8.32. The Labute approximate surface area is 133 Å². The number of rotatable bonds is 4. The summed E-state index contributed by atoms with van der Waals surface area (Å²) in [6.45, 7) is 1.20. The first kappa shape index (κ1) is 14.0. The highest BCUT2D eigenvalue weighted by Crippen LogP contribution is 2.35. The number of nitrogens with zero attached hydrogens (tertiary/aromatic N) is 3. The van der Waals surface area contributed by atoms with Crippen molar-refractivity contribution in [3.8, 4) is 0 Å². The van der Waals surface area contributed by atoms with Gasteiger partial charge in [-0.2, -0.15) is 5.10 Å². The summed E-state index contributed by atoms with van der Waals surface area (Å²) in [4.78, 5) is 20.0. The van der Waals surface area contributed by atoms with Crippen molar-refractivity contribution in [3.63, 3.8) is 0 Å². The van der Waals surface area contributed by atoms with Gasteiger partial charge in [0.15, 0.2) is 0 Å². The van der Waals surface area contributed by atoms with E-state index < -0.39 is 0 Å². The fourth-order valence-corrected chi connectivity index (χ4v) is 3.44. The number of para-hydroxylation sites is 1. The Kier molecular flexibility index (Phi) is 3.57. The molecule has 2 heterocycles. The van der Waals surface area contributed by atoms with Gasteiger partial charge >= 0.3 is 0 Å². The first-order valence-electron chi connectivity index (χ1n) is 8.02. The molecule has 1 aromatic carbocycles. The number of benzene rings is 1. The number of nitrogens with one attached hydrogen (secondary N) is 2. The molecule has 118 valence electrons. The number of aromatic nitrogens is 4. The second kappa shape index (κ2) is 5.87. The molecule has 0 radical (unpaired) electrons. The molecule has 6 nitrogen and oxygen atoms in total. The molecular formula is C17H19N5O. The van der Waals surface area contributed by atoms with Crippen LogP contribution in [-0.4, -0.2) is 32.2 Å². The van der Waals surface area contributed by atoms with Crippen LogP contribution in [0.2, 0.25) is 0 Å². The summed E-state index contributed by atoms with van der Waals surface area (Å²) in [6, 6.07) is 8.29. The number of hydrogen-bond donors (Lipinski definition) is 2. The SMILES string of the molecule is O=C(NCCn1cncn1)[C@@H]1CCCc2c1[nH]c1ccccc21. The molecule has 0 unspecified atom stereocenters. The fraction of sp³-hybridized carbons (Fsp3) is 0.353. The van der Waals surface area contributed by atoms with Crippen molar-refractivity contribution < 1.29 is 4.79 Å². The van der Waals surface area contributed by atoms with Gasteiger partial charge in [-0.25, -0.2) is 4.98 Å². The van der Waals surface area contributed by atoms with E-state index in [9.17, 15) is 4.79 Å². The fourth-order valence-electron chi connectivity index (χ4n) is 3.44. The van der Waals surface area contributed by atoms with E-state index in [4.69, 9.17) is 0 Å². The van der Waals surface area contributed by atoms with Crippen molar-refractivity contribution in [2.75, 3.05) is 6.54 Å².